The van der Waals surface area contributed by atoms with E-state index in [2.05, 4.69) is 14.6 Å². The van der Waals surface area contributed by atoms with Gasteiger partial charge in [-0.15, -0.1) is 0 Å². The minimum absolute atomic E-state index is 0.00405. The van der Waals surface area contributed by atoms with Gasteiger partial charge in [-0.2, -0.15) is 0 Å². The van der Waals surface area contributed by atoms with Crippen LogP contribution in [0.1, 0.15) is 25.7 Å². The summed E-state index contributed by atoms with van der Waals surface area (Å²) in [6, 6.07) is 3.60. The van der Waals surface area contributed by atoms with Gasteiger partial charge in [-0.25, -0.2) is 18.1 Å². The molecule has 0 bridgehead atoms. The molecule has 1 aromatic rings. The molecule has 0 radical (unpaired) electrons. The highest BCUT2D eigenvalue weighted by Crippen LogP contribution is 2.28. The van der Waals surface area contributed by atoms with Gasteiger partial charge < -0.3 is 4.90 Å². The molecule has 0 saturated carbocycles. The molecule has 2 atom stereocenters. The number of sulfonamides is 1. The highest BCUT2D eigenvalue weighted by Gasteiger charge is 2.34. The molecule has 2 aliphatic heterocycles. The summed E-state index contributed by atoms with van der Waals surface area (Å²) in [5.41, 5.74) is 0. The van der Waals surface area contributed by atoms with Gasteiger partial charge in [-0.1, -0.05) is 11.6 Å². The molecule has 0 amide bonds. The molecular weight excluding hydrogens is 298 g/mol. The Morgan fingerprint density at radius 2 is 2.20 bits per heavy atom. The lowest BCUT2D eigenvalue weighted by atomic mass is 9.99. The van der Waals surface area contributed by atoms with Gasteiger partial charge in [0.2, 0.25) is 10.0 Å². The van der Waals surface area contributed by atoms with Crippen molar-refractivity contribution in [1.82, 2.24) is 14.6 Å². The summed E-state index contributed by atoms with van der Waals surface area (Å²) in [5, 5.41) is 0.0262. The highest BCUT2D eigenvalue weighted by atomic mass is 35.5. The lowest BCUT2D eigenvalue weighted by molar-refractivity contribution is 0.176. The van der Waals surface area contributed by atoms with E-state index in [0.717, 1.165) is 25.9 Å². The Hall–Kier alpha value is -0.690. The van der Waals surface area contributed by atoms with E-state index in [1.54, 1.807) is 6.07 Å². The van der Waals surface area contributed by atoms with Gasteiger partial charge in [0.15, 0.2) is 0 Å². The van der Waals surface area contributed by atoms with Crippen LogP contribution in [0.3, 0.4) is 0 Å². The number of fused-ring (bicyclic) bond motifs is 1. The Bertz CT molecular complexity index is 593. The molecule has 0 spiro atoms. The van der Waals surface area contributed by atoms with Crippen molar-refractivity contribution in [3.63, 3.8) is 0 Å². The van der Waals surface area contributed by atoms with Crippen LogP contribution in [-0.2, 0) is 10.0 Å². The van der Waals surface area contributed by atoms with Gasteiger partial charge in [0, 0.05) is 18.3 Å². The normalized spacial score (nSPS) is 27.4. The van der Waals surface area contributed by atoms with Gasteiger partial charge in [-0.3, -0.25) is 0 Å². The topological polar surface area (TPSA) is 62.3 Å². The van der Waals surface area contributed by atoms with Crippen LogP contribution in [0.5, 0.6) is 0 Å². The van der Waals surface area contributed by atoms with E-state index in [0.29, 0.717) is 6.04 Å². The van der Waals surface area contributed by atoms with Crippen LogP contribution in [0, 0.1) is 0 Å². The first kappa shape index (κ1) is 14.3. The monoisotopic (exact) mass is 315 g/mol. The van der Waals surface area contributed by atoms with Gasteiger partial charge in [-0.05, 0) is 50.9 Å². The van der Waals surface area contributed by atoms with Crippen LogP contribution in [0.2, 0.25) is 5.15 Å². The highest BCUT2D eigenvalue weighted by molar-refractivity contribution is 7.89. The Kier molecular flexibility index (Phi) is 3.99. The number of hydrogen-bond acceptors (Lipinski definition) is 4. The number of pyridine rings is 1. The first-order valence-electron chi connectivity index (χ1n) is 6.93. The number of halogens is 1. The summed E-state index contributed by atoms with van der Waals surface area (Å²) >= 11 is 5.88. The molecule has 2 unspecified atom stereocenters. The number of aromatic nitrogens is 1. The minimum atomic E-state index is -3.58. The fourth-order valence-electron chi connectivity index (χ4n) is 3.19. The summed E-state index contributed by atoms with van der Waals surface area (Å²) in [4.78, 5) is 6.36. The van der Waals surface area contributed by atoms with Crippen molar-refractivity contribution >= 4 is 21.6 Å². The van der Waals surface area contributed by atoms with Crippen molar-refractivity contribution in [2.75, 3.05) is 13.1 Å². The van der Waals surface area contributed by atoms with Crippen LogP contribution >= 0.6 is 11.6 Å². The maximum Gasteiger partial charge on any atom is 0.243 e. The van der Waals surface area contributed by atoms with E-state index in [1.165, 1.54) is 25.1 Å². The quantitative estimate of drug-likeness (QED) is 0.861. The Balaban J connectivity index is 1.72. The van der Waals surface area contributed by atoms with Crippen molar-refractivity contribution < 1.29 is 8.42 Å². The standard InChI is InChI=1S/C13H18ClN3O2S/c14-13-12(4-1-6-15-13)20(18,19)16-10-5-8-17-7-2-3-11(17)9-10/h1,4,6,10-11,16H,2-3,5,7-9H2. The maximum absolute atomic E-state index is 12.4. The molecule has 3 heterocycles. The number of piperidine rings is 1. The SMILES string of the molecule is O=S(=O)(NC1CCN2CCCC2C1)c1cccnc1Cl. The Labute approximate surface area is 124 Å². The molecule has 2 fully saturated rings. The van der Waals surface area contributed by atoms with Gasteiger partial charge in [0.1, 0.15) is 10.0 Å². The maximum atomic E-state index is 12.4. The van der Waals surface area contributed by atoms with E-state index >= 15 is 0 Å². The fraction of sp³-hybridized carbons (Fsp3) is 0.615. The molecule has 2 saturated heterocycles. The Morgan fingerprint density at radius 1 is 1.35 bits per heavy atom. The van der Waals surface area contributed by atoms with Crippen molar-refractivity contribution in [2.24, 2.45) is 0 Å². The molecule has 0 aliphatic carbocycles. The fourth-order valence-corrected chi connectivity index (χ4v) is 4.92. The van der Waals surface area contributed by atoms with Crippen molar-refractivity contribution in [3.8, 4) is 0 Å². The first-order chi connectivity index (χ1) is 9.56. The van der Waals surface area contributed by atoms with E-state index < -0.39 is 10.0 Å². The average Bonchev–Trinajstić information content (AvgIpc) is 2.86. The number of hydrogen-bond donors (Lipinski definition) is 1. The van der Waals surface area contributed by atoms with Crippen LogP contribution in [0.25, 0.3) is 0 Å². The lowest BCUT2D eigenvalue weighted by Gasteiger charge is -2.34. The Morgan fingerprint density at radius 3 is 3.00 bits per heavy atom. The van der Waals surface area contributed by atoms with E-state index in [9.17, 15) is 8.42 Å². The van der Waals surface area contributed by atoms with Crippen molar-refractivity contribution in [2.45, 2.75) is 42.7 Å². The summed E-state index contributed by atoms with van der Waals surface area (Å²) in [6.07, 6.45) is 5.62. The van der Waals surface area contributed by atoms with E-state index in [4.69, 9.17) is 11.6 Å². The van der Waals surface area contributed by atoms with E-state index in [1.807, 2.05) is 0 Å². The second kappa shape index (κ2) is 5.60. The summed E-state index contributed by atoms with van der Waals surface area (Å²) in [6.45, 7) is 2.12. The smallest absolute Gasteiger partial charge is 0.243 e. The van der Waals surface area contributed by atoms with Crippen LogP contribution in [0.15, 0.2) is 23.2 Å². The third-order valence-corrected chi connectivity index (χ3v) is 6.12. The lowest BCUT2D eigenvalue weighted by Crippen LogP contribution is -2.47. The molecule has 1 N–H and O–H groups in total. The summed E-state index contributed by atoms with van der Waals surface area (Å²) in [5.74, 6) is 0. The van der Waals surface area contributed by atoms with Crippen LogP contribution in [-0.4, -0.2) is 43.5 Å². The molecule has 2 aliphatic rings. The zero-order valence-electron chi connectivity index (χ0n) is 11.1. The largest absolute Gasteiger partial charge is 0.300 e. The second-order valence-electron chi connectivity index (χ2n) is 5.47. The predicted octanol–water partition coefficient (Wildman–Crippen LogP) is 1.64. The zero-order valence-corrected chi connectivity index (χ0v) is 12.7. The third-order valence-electron chi connectivity index (χ3n) is 4.16. The van der Waals surface area contributed by atoms with Gasteiger partial charge in [0.25, 0.3) is 0 Å². The van der Waals surface area contributed by atoms with Crippen molar-refractivity contribution in [1.29, 1.82) is 0 Å². The van der Waals surface area contributed by atoms with Crippen molar-refractivity contribution in [3.05, 3.63) is 23.5 Å². The molecule has 0 aromatic carbocycles. The van der Waals surface area contributed by atoms with Gasteiger partial charge in [0.05, 0.1) is 0 Å². The molecule has 3 rings (SSSR count). The molecule has 5 nitrogen and oxygen atoms in total. The number of rotatable bonds is 3. The van der Waals surface area contributed by atoms with E-state index in [-0.39, 0.29) is 16.1 Å². The first-order valence-corrected chi connectivity index (χ1v) is 8.79. The zero-order chi connectivity index (χ0) is 14.2. The summed E-state index contributed by atoms with van der Waals surface area (Å²) < 4.78 is 27.5. The molecule has 20 heavy (non-hydrogen) atoms. The molecule has 110 valence electrons. The van der Waals surface area contributed by atoms with Crippen LogP contribution < -0.4 is 4.72 Å². The average molecular weight is 316 g/mol. The third kappa shape index (κ3) is 2.83. The predicted molar refractivity (Wildman–Crippen MR) is 77.2 cm³/mol. The summed E-state index contributed by atoms with van der Waals surface area (Å²) in [7, 11) is -3.58. The minimum Gasteiger partial charge on any atom is -0.300 e. The van der Waals surface area contributed by atoms with Crippen LogP contribution in [0.4, 0.5) is 0 Å². The number of nitrogens with one attached hydrogen (secondary N) is 1. The van der Waals surface area contributed by atoms with Gasteiger partial charge >= 0.3 is 0 Å². The molecule has 7 heteroatoms. The number of nitrogens with zero attached hydrogens (tertiary/aromatic N) is 2. The second-order valence-corrected chi connectivity index (χ2v) is 7.51. The molecule has 1 aromatic heterocycles. The molecular formula is C13H18ClN3O2S.